The molecule has 3 heteroatoms. The van der Waals surface area contributed by atoms with E-state index in [-0.39, 0.29) is 11.8 Å². The Hall–Kier alpha value is -1.90. The van der Waals surface area contributed by atoms with Gasteiger partial charge in [0.1, 0.15) is 5.82 Å². The highest BCUT2D eigenvalue weighted by Crippen LogP contribution is 2.32. The van der Waals surface area contributed by atoms with E-state index in [0.29, 0.717) is 0 Å². The number of rotatable bonds is 3. The van der Waals surface area contributed by atoms with Crippen LogP contribution in [0.5, 0.6) is 0 Å². The molecule has 0 bridgehead atoms. The minimum Gasteiger partial charge on any atom is -0.296 e. The quantitative estimate of drug-likeness (QED) is 0.856. The molecule has 1 aliphatic rings. The topological polar surface area (TPSA) is 33.2 Å². The average molecular weight is 282 g/mol. The van der Waals surface area contributed by atoms with Crippen LogP contribution in [0.1, 0.15) is 37.8 Å². The maximum absolute atomic E-state index is 12.7. The number of carbonyl (C=O) groups is 1. The first kappa shape index (κ1) is 14.1. The Balaban J connectivity index is 2.05. The summed E-state index contributed by atoms with van der Waals surface area (Å²) in [6.45, 7) is 7.01. The Labute approximate surface area is 126 Å². The lowest BCUT2D eigenvalue weighted by molar-refractivity contribution is -0.122. The lowest BCUT2D eigenvalue weighted by Gasteiger charge is -2.22. The van der Waals surface area contributed by atoms with Gasteiger partial charge < -0.3 is 0 Å². The molecule has 21 heavy (non-hydrogen) atoms. The van der Waals surface area contributed by atoms with Gasteiger partial charge >= 0.3 is 0 Å². The summed E-state index contributed by atoms with van der Waals surface area (Å²) in [4.78, 5) is 19.4. The largest absolute Gasteiger partial charge is 0.296 e. The van der Waals surface area contributed by atoms with Crippen LogP contribution in [0, 0.1) is 12.8 Å². The van der Waals surface area contributed by atoms with E-state index < -0.39 is 0 Å². The molecule has 0 spiro atoms. The van der Waals surface area contributed by atoms with Crippen LogP contribution in [0.2, 0.25) is 0 Å². The maximum Gasteiger partial charge on any atom is 0.231 e. The van der Waals surface area contributed by atoms with Crippen LogP contribution in [-0.4, -0.2) is 17.4 Å². The van der Waals surface area contributed by atoms with Crippen LogP contribution in [0.4, 0.5) is 5.82 Å². The van der Waals surface area contributed by atoms with E-state index >= 15 is 0 Å². The molecule has 0 saturated carbocycles. The van der Waals surface area contributed by atoms with Crippen molar-refractivity contribution in [3.63, 3.8) is 0 Å². The average Bonchev–Trinajstić information content (AvgIpc) is 2.90. The molecule has 2 heterocycles. The molecular weight excluding hydrogens is 260 g/mol. The van der Waals surface area contributed by atoms with Crippen molar-refractivity contribution in [1.82, 2.24) is 4.98 Å². The van der Waals surface area contributed by atoms with Gasteiger partial charge in [-0.2, -0.15) is 0 Å². The zero-order valence-electron chi connectivity index (χ0n) is 13.0. The van der Waals surface area contributed by atoms with Crippen molar-refractivity contribution in [2.75, 3.05) is 11.4 Å². The van der Waals surface area contributed by atoms with Crippen LogP contribution < -0.4 is 4.90 Å². The summed E-state index contributed by atoms with van der Waals surface area (Å²) in [5, 5.41) is 1.17. The van der Waals surface area contributed by atoms with E-state index in [1.807, 2.05) is 4.90 Å². The molecular formula is C18H22N2O. The number of pyridine rings is 1. The fraction of sp³-hybridized carbons (Fsp3) is 0.444. The molecule has 0 unspecified atom stereocenters. The van der Waals surface area contributed by atoms with Crippen molar-refractivity contribution >= 4 is 22.6 Å². The predicted molar refractivity (Wildman–Crippen MR) is 86.6 cm³/mol. The molecule has 2 aromatic rings. The number of nitrogens with zero attached hydrogens (tertiary/aromatic N) is 2. The smallest absolute Gasteiger partial charge is 0.231 e. The van der Waals surface area contributed by atoms with Crippen molar-refractivity contribution < 1.29 is 4.79 Å². The van der Waals surface area contributed by atoms with Gasteiger partial charge in [0.05, 0.1) is 5.52 Å². The molecule has 0 aliphatic carbocycles. The Morgan fingerprint density at radius 2 is 2.10 bits per heavy atom. The van der Waals surface area contributed by atoms with E-state index in [1.54, 1.807) is 0 Å². The molecule has 0 fully saturated rings. The van der Waals surface area contributed by atoms with Crippen LogP contribution in [0.15, 0.2) is 24.3 Å². The van der Waals surface area contributed by atoms with Crippen LogP contribution in [0.3, 0.4) is 0 Å². The third kappa shape index (κ3) is 2.31. The number of benzene rings is 1. The van der Waals surface area contributed by atoms with E-state index in [4.69, 9.17) is 4.98 Å². The van der Waals surface area contributed by atoms with Crippen molar-refractivity contribution in [3.8, 4) is 0 Å². The molecule has 1 aliphatic heterocycles. The first-order valence-electron chi connectivity index (χ1n) is 7.86. The highest BCUT2D eigenvalue weighted by atomic mass is 16.2. The number of hydrogen-bond donors (Lipinski definition) is 0. The number of hydrogen-bond acceptors (Lipinski definition) is 2. The highest BCUT2D eigenvalue weighted by molar-refractivity contribution is 5.98. The normalized spacial score (nSPS) is 14.0. The number of aromatic nitrogens is 1. The zero-order valence-corrected chi connectivity index (χ0v) is 13.0. The predicted octanol–water partition coefficient (Wildman–Crippen LogP) is 3.87. The Bertz CT molecular complexity index is 689. The van der Waals surface area contributed by atoms with Crippen molar-refractivity contribution in [2.24, 2.45) is 5.92 Å². The van der Waals surface area contributed by atoms with Gasteiger partial charge in [-0.05, 0) is 43.4 Å². The molecule has 3 rings (SSSR count). The lowest BCUT2D eigenvalue weighted by Crippen LogP contribution is -2.34. The van der Waals surface area contributed by atoms with Gasteiger partial charge in [-0.25, -0.2) is 4.98 Å². The number of aryl methyl sites for hydroxylation is 1. The standard InChI is InChI=1S/C18H22N2O/c1-4-13(5-2)18(21)20-10-9-15-11-14-8-6-7-12(3)16(14)19-17(15)20/h6-8,11,13H,4-5,9-10H2,1-3H3. The second-order valence-corrected chi connectivity index (χ2v) is 5.87. The SMILES string of the molecule is CCC(CC)C(=O)N1CCc2cc3cccc(C)c3nc21. The number of amides is 1. The first-order chi connectivity index (χ1) is 10.2. The maximum atomic E-state index is 12.7. The third-order valence-electron chi connectivity index (χ3n) is 4.56. The summed E-state index contributed by atoms with van der Waals surface area (Å²) in [5.74, 6) is 1.23. The summed E-state index contributed by atoms with van der Waals surface area (Å²) < 4.78 is 0. The molecule has 1 aromatic heterocycles. The molecule has 1 amide bonds. The summed E-state index contributed by atoms with van der Waals surface area (Å²) in [6.07, 6.45) is 2.71. The van der Waals surface area contributed by atoms with Crippen molar-refractivity contribution in [3.05, 3.63) is 35.4 Å². The minimum atomic E-state index is 0.116. The van der Waals surface area contributed by atoms with Gasteiger partial charge in [0.2, 0.25) is 5.91 Å². The second-order valence-electron chi connectivity index (χ2n) is 5.87. The molecule has 0 N–H and O–H groups in total. The minimum absolute atomic E-state index is 0.116. The Morgan fingerprint density at radius 1 is 1.33 bits per heavy atom. The molecule has 3 nitrogen and oxygen atoms in total. The monoisotopic (exact) mass is 282 g/mol. The number of carbonyl (C=O) groups excluding carboxylic acids is 1. The zero-order chi connectivity index (χ0) is 15.0. The van der Waals surface area contributed by atoms with Gasteiger partial charge in [-0.3, -0.25) is 9.69 Å². The molecule has 1 aromatic carbocycles. The summed E-state index contributed by atoms with van der Waals surface area (Å²) in [5.41, 5.74) is 3.38. The molecule has 0 radical (unpaired) electrons. The Kier molecular flexibility index (Phi) is 3.66. The van der Waals surface area contributed by atoms with Gasteiger partial charge in [0.15, 0.2) is 0 Å². The molecule has 0 atom stereocenters. The van der Waals surface area contributed by atoms with Crippen LogP contribution >= 0.6 is 0 Å². The van der Waals surface area contributed by atoms with Gasteiger partial charge in [0.25, 0.3) is 0 Å². The van der Waals surface area contributed by atoms with Gasteiger partial charge in [0, 0.05) is 17.8 Å². The summed E-state index contributed by atoms with van der Waals surface area (Å²) in [6, 6.07) is 8.43. The molecule has 0 saturated heterocycles. The summed E-state index contributed by atoms with van der Waals surface area (Å²) in [7, 11) is 0. The van der Waals surface area contributed by atoms with Crippen LogP contribution in [0.25, 0.3) is 10.9 Å². The number of anilines is 1. The van der Waals surface area contributed by atoms with E-state index in [0.717, 1.165) is 42.7 Å². The lowest BCUT2D eigenvalue weighted by atomic mass is 10.0. The van der Waals surface area contributed by atoms with Crippen LogP contribution in [-0.2, 0) is 11.2 Å². The van der Waals surface area contributed by atoms with Gasteiger partial charge in [-0.1, -0.05) is 32.0 Å². The number of para-hydroxylation sites is 1. The van der Waals surface area contributed by atoms with Crippen molar-refractivity contribution in [2.45, 2.75) is 40.0 Å². The van der Waals surface area contributed by atoms with E-state index in [2.05, 4.69) is 45.0 Å². The Morgan fingerprint density at radius 3 is 2.81 bits per heavy atom. The highest BCUT2D eigenvalue weighted by Gasteiger charge is 2.30. The van der Waals surface area contributed by atoms with Gasteiger partial charge in [-0.15, -0.1) is 0 Å². The first-order valence-corrected chi connectivity index (χ1v) is 7.86. The third-order valence-corrected chi connectivity index (χ3v) is 4.56. The van der Waals surface area contributed by atoms with Crippen molar-refractivity contribution in [1.29, 1.82) is 0 Å². The fourth-order valence-corrected chi connectivity index (χ4v) is 3.21. The number of fused-ring (bicyclic) bond motifs is 2. The molecule has 110 valence electrons. The fourth-order valence-electron chi connectivity index (χ4n) is 3.21. The second kappa shape index (κ2) is 5.47. The summed E-state index contributed by atoms with van der Waals surface area (Å²) >= 11 is 0. The van der Waals surface area contributed by atoms with E-state index in [1.165, 1.54) is 10.9 Å². The van der Waals surface area contributed by atoms with E-state index in [9.17, 15) is 4.79 Å².